The Hall–Kier alpha value is -4.41. The van der Waals surface area contributed by atoms with Gasteiger partial charge < -0.3 is 30.3 Å². The number of amides is 3. The Labute approximate surface area is 266 Å². The van der Waals surface area contributed by atoms with Crippen molar-refractivity contribution >= 4 is 23.6 Å². The summed E-state index contributed by atoms with van der Waals surface area (Å²) in [6.45, 7) is 6.10. The van der Waals surface area contributed by atoms with E-state index in [0.29, 0.717) is 24.3 Å². The summed E-state index contributed by atoms with van der Waals surface area (Å²) >= 11 is 0. The summed E-state index contributed by atoms with van der Waals surface area (Å²) in [6, 6.07) is 22.9. The highest BCUT2D eigenvalue weighted by Crippen LogP contribution is 2.18. The standard InChI is InChI=1S/C35H45N5O5/c1-4-44-34(42)28-13-15-29(16-14-28)37-35(43)38-32(23-26-9-6-5-7-10-26)33(41)36-30-19-21-40(25-30)24-27-11-17-31(18-12-27)45-22-8-20-39(2)3/h5-7,9-18,30,32H,4,8,19-25H2,1-3H3,(H,36,41)(H2,37,38,43)/t30?,32-/m0/s1. The topological polar surface area (TPSA) is 112 Å². The van der Waals surface area contributed by atoms with Crippen molar-refractivity contribution in [1.82, 2.24) is 20.4 Å². The zero-order valence-corrected chi connectivity index (χ0v) is 26.5. The first kappa shape index (κ1) is 33.5. The lowest BCUT2D eigenvalue weighted by Crippen LogP contribution is -2.52. The molecule has 3 N–H and O–H groups in total. The maximum atomic E-state index is 13.5. The number of carbonyl (C=O) groups excluding carboxylic acids is 3. The molecule has 0 saturated carbocycles. The molecule has 0 radical (unpaired) electrons. The summed E-state index contributed by atoms with van der Waals surface area (Å²) in [7, 11) is 4.11. The highest BCUT2D eigenvalue weighted by molar-refractivity contribution is 5.95. The van der Waals surface area contributed by atoms with Crippen molar-refractivity contribution in [3.05, 3.63) is 95.6 Å². The normalized spacial score (nSPS) is 15.3. The van der Waals surface area contributed by atoms with E-state index in [2.05, 4.69) is 52.0 Å². The lowest BCUT2D eigenvalue weighted by molar-refractivity contribution is -0.123. The number of ether oxygens (including phenoxy) is 2. The fraction of sp³-hybridized carbons (Fsp3) is 0.400. The first-order valence-corrected chi connectivity index (χ1v) is 15.6. The van der Waals surface area contributed by atoms with Crippen LogP contribution in [0, 0.1) is 0 Å². The van der Waals surface area contributed by atoms with Gasteiger partial charge in [-0.2, -0.15) is 0 Å². The van der Waals surface area contributed by atoms with Crippen LogP contribution in [0.3, 0.4) is 0 Å². The van der Waals surface area contributed by atoms with Crippen LogP contribution in [0.15, 0.2) is 78.9 Å². The van der Waals surface area contributed by atoms with Crippen molar-refractivity contribution in [2.24, 2.45) is 0 Å². The number of hydrogen-bond acceptors (Lipinski definition) is 7. The molecule has 1 fully saturated rings. The van der Waals surface area contributed by atoms with Gasteiger partial charge in [0.25, 0.3) is 0 Å². The number of nitrogens with zero attached hydrogens (tertiary/aromatic N) is 2. The van der Waals surface area contributed by atoms with E-state index in [1.54, 1.807) is 31.2 Å². The number of likely N-dealkylation sites (tertiary alicyclic amines) is 1. The number of urea groups is 1. The van der Waals surface area contributed by atoms with Crippen LogP contribution >= 0.6 is 0 Å². The minimum absolute atomic E-state index is 0.0182. The van der Waals surface area contributed by atoms with E-state index >= 15 is 0 Å². The number of carbonyl (C=O) groups is 3. The Morgan fingerprint density at radius 1 is 0.956 bits per heavy atom. The summed E-state index contributed by atoms with van der Waals surface area (Å²) < 4.78 is 10.9. The molecule has 1 heterocycles. The van der Waals surface area contributed by atoms with Crippen LogP contribution in [0.25, 0.3) is 0 Å². The van der Waals surface area contributed by atoms with Gasteiger partial charge in [-0.1, -0.05) is 42.5 Å². The maximum absolute atomic E-state index is 13.5. The first-order valence-electron chi connectivity index (χ1n) is 15.6. The quantitative estimate of drug-likeness (QED) is 0.173. The third kappa shape index (κ3) is 11.2. The van der Waals surface area contributed by atoms with Gasteiger partial charge in [0.15, 0.2) is 0 Å². The fourth-order valence-corrected chi connectivity index (χ4v) is 5.20. The van der Waals surface area contributed by atoms with Crippen molar-refractivity contribution in [2.45, 2.75) is 44.8 Å². The van der Waals surface area contributed by atoms with E-state index in [1.807, 2.05) is 42.5 Å². The predicted octanol–water partition coefficient (Wildman–Crippen LogP) is 4.32. The highest BCUT2D eigenvalue weighted by Gasteiger charge is 2.28. The number of rotatable bonds is 15. The second-order valence-electron chi connectivity index (χ2n) is 11.5. The molecular weight excluding hydrogens is 570 g/mol. The van der Waals surface area contributed by atoms with E-state index in [4.69, 9.17) is 9.47 Å². The molecule has 0 aromatic heterocycles. The van der Waals surface area contributed by atoms with Crippen LogP contribution in [-0.4, -0.2) is 86.7 Å². The number of esters is 1. The Kier molecular flexibility index (Phi) is 12.8. The van der Waals surface area contributed by atoms with Crippen molar-refractivity contribution < 1.29 is 23.9 Å². The van der Waals surface area contributed by atoms with Crippen molar-refractivity contribution in [3.8, 4) is 5.75 Å². The Balaban J connectivity index is 1.29. The van der Waals surface area contributed by atoms with Gasteiger partial charge in [-0.25, -0.2) is 9.59 Å². The van der Waals surface area contributed by atoms with Crippen LogP contribution in [-0.2, 0) is 22.5 Å². The summed E-state index contributed by atoms with van der Waals surface area (Å²) in [6.07, 6.45) is 2.16. The molecule has 3 aromatic carbocycles. The van der Waals surface area contributed by atoms with Gasteiger partial charge in [0.1, 0.15) is 11.8 Å². The van der Waals surface area contributed by atoms with Crippen LogP contribution in [0.5, 0.6) is 5.75 Å². The monoisotopic (exact) mass is 615 g/mol. The minimum Gasteiger partial charge on any atom is -0.494 e. The molecular formula is C35H45N5O5. The zero-order chi connectivity index (χ0) is 32.0. The molecule has 45 heavy (non-hydrogen) atoms. The van der Waals surface area contributed by atoms with Gasteiger partial charge >= 0.3 is 12.0 Å². The molecule has 1 saturated heterocycles. The summed E-state index contributed by atoms with van der Waals surface area (Å²) in [5.74, 6) is 0.223. The molecule has 10 heteroatoms. The minimum atomic E-state index is -0.773. The van der Waals surface area contributed by atoms with Crippen LogP contribution in [0.2, 0.25) is 0 Å². The smallest absolute Gasteiger partial charge is 0.338 e. The predicted molar refractivity (Wildman–Crippen MR) is 175 cm³/mol. The Morgan fingerprint density at radius 2 is 1.69 bits per heavy atom. The highest BCUT2D eigenvalue weighted by atomic mass is 16.5. The summed E-state index contributed by atoms with van der Waals surface area (Å²) in [5, 5.41) is 8.77. The Bertz CT molecular complexity index is 1370. The molecule has 3 amide bonds. The molecule has 1 aliphatic heterocycles. The van der Waals surface area contributed by atoms with Crippen molar-refractivity contribution in [3.63, 3.8) is 0 Å². The SMILES string of the molecule is CCOC(=O)c1ccc(NC(=O)N[C@@H](Cc2ccccc2)C(=O)NC2CCN(Cc3ccc(OCCCN(C)C)cc3)C2)cc1. The summed E-state index contributed by atoms with van der Waals surface area (Å²) in [5.41, 5.74) is 3.02. The molecule has 240 valence electrons. The molecule has 1 aliphatic rings. The molecule has 4 rings (SSSR count). The second-order valence-corrected chi connectivity index (χ2v) is 11.5. The van der Waals surface area contributed by atoms with E-state index in [9.17, 15) is 14.4 Å². The second kappa shape index (κ2) is 17.2. The molecule has 0 spiro atoms. The third-order valence-corrected chi connectivity index (χ3v) is 7.53. The zero-order valence-electron chi connectivity index (χ0n) is 26.5. The first-order chi connectivity index (χ1) is 21.8. The van der Waals surface area contributed by atoms with Gasteiger partial charge in [-0.05, 0) is 81.4 Å². The van der Waals surface area contributed by atoms with Gasteiger partial charge in [-0.15, -0.1) is 0 Å². The molecule has 10 nitrogen and oxygen atoms in total. The number of anilines is 1. The molecule has 1 unspecified atom stereocenters. The van der Waals surface area contributed by atoms with Gasteiger partial charge in [0, 0.05) is 44.3 Å². The molecule has 3 aromatic rings. The van der Waals surface area contributed by atoms with Crippen molar-refractivity contribution in [2.75, 3.05) is 52.3 Å². The van der Waals surface area contributed by atoms with Gasteiger partial charge in [0.05, 0.1) is 18.8 Å². The maximum Gasteiger partial charge on any atom is 0.338 e. The average Bonchev–Trinajstić information content (AvgIpc) is 3.47. The number of benzene rings is 3. The fourth-order valence-electron chi connectivity index (χ4n) is 5.20. The molecule has 0 aliphatic carbocycles. The third-order valence-electron chi connectivity index (χ3n) is 7.53. The average molecular weight is 616 g/mol. The summed E-state index contributed by atoms with van der Waals surface area (Å²) in [4.78, 5) is 42.8. The number of hydrogen-bond donors (Lipinski definition) is 3. The lowest BCUT2D eigenvalue weighted by atomic mass is 10.0. The van der Waals surface area contributed by atoms with E-state index in [1.165, 1.54) is 5.56 Å². The van der Waals surface area contributed by atoms with E-state index in [0.717, 1.165) is 50.3 Å². The van der Waals surface area contributed by atoms with E-state index in [-0.39, 0.29) is 18.6 Å². The molecule has 2 atom stereocenters. The van der Waals surface area contributed by atoms with Crippen LogP contribution in [0.4, 0.5) is 10.5 Å². The van der Waals surface area contributed by atoms with Crippen molar-refractivity contribution in [1.29, 1.82) is 0 Å². The molecule has 0 bridgehead atoms. The van der Waals surface area contributed by atoms with Gasteiger partial charge in [-0.3, -0.25) is 9.69 Å². The van der Waals surface area contributed by atoms with Crippen LogP contribution in [0.1, 0.15) is 41.3 Å². The Morgan fingerprint density at radius 3 is 2.38 bits per heavy atom. The van der Waals surface area contributed by atoms with E-state index < -0.39 is 18.0 Å². The van der Waals surface area contributed by atoms with Crippen LogP contribution < -0.4 is 20.7 Å². The largest absolute Gasteiger partial charge is 0.494 e. The van der Waals surface area contributed by atoms with Gasteiger partial charge in [0.2, 0.25) is 5.91 Å². The lowest BCUT2D eigenvalue weighted by Gasteiger charge is -2.22. The number of nitrogens with one attached hydrogen (secondary N) is 3.